The van der Waals surface area contributed by atoms with Gasteiger partial charge in [0.25, 0.3) is 5.91 Å². The van der Waals surface area contributed by atoms with Crippen molar-refractivity contribution in [3.63, 3.8) is 0 Å². The van der Waals surface area contributed by atoms with Gasteiger partial charge in [-0.1, -0.05) is 19.9 Å². The highest BCUT2D eigenvalue weighted by Gasteiger charge is 2.26. The maximum absolute atomic E-state index is 12.9. The lowest BCUT2D eigenvalue weighted by atomic mass is 9.95. The molecule has 1 atom stereocenters. The first-order valence-electron chi connectivity index (χ1n) is 11.1. The number of benzene rings is 1. The van der Waals surface area contributed by atoms with Crippen LogP contribution < -0.4 is 24.6 Å². The second kappa shape index (κ2) is 9.96. The molecule has 0 saturated carbocycles. The standard InChI is InChI=1S/C23H31N5O3/c1-17(2)22(18-5-6-19-20(15-18)31-14-4-13-30-19)26-21(29)16-27-9-11-28(12-10-27)23-24-7-3-8-25-23/h3,5-8,15,17,22H,4,9-14,16H2,1-2H3,(H,26,29)/p+1/t22-/m1/s1. The molecule has 2 aliphatic rings. The molecule has 0 bridgehead atoms. The highest BCUT2D eigenvalue weighted by atomic mass is 16.5. The lowest BCUT2D eigenvalue weighted by molar-refractivity contribution is -0.892. The van der Waals surface area contributed by atoms with Gasteiger partial charge in [0.05, 0.1) is 45.4 Å². The summed E-state index contributed by atoms with van der Waals surface area (Å²) in [5, 5.41) is 3.25. The van der Waals surface area contributed by atoms with Crippen LogP contribution >= 0.6 is 0 Å². The summed E-state index contributed by atoms with van der Waals surface area (Å²) in [6, 6.07) is 7.75. The van der Waals surface area contributed by atoms with Gasteiger partial charge < -0.3 is 24.6 Å². The van der Waals surface area contributed by atoms with Crippen molar-refractivity contribution < 1.29 is 19.2 Å². The number of hydrogen-bond donors (Lipinski definition) is 2. The number of nitrogens with zero attached hydrogens (tertiary/aromatic N) is 3. The van der Waals surface area contributed by atoms with E-state index in [0.717, 1.165) is 55.6 Å². The number of anilines is 1. The van der Waals surface area contributed by atoms with Crippen LogP contribution in [-0.4, -0.2) is 61.8 Å². The second-order valence-electron chi connectivity index (χ2n) is 8.51. The Morgan fingerprint density at radius 2 is 1.84 bits per heavy atom. The van der Waals surface area contributed by atoms with Gasteiger partial charge in [-0.15, -0.1) is 0 Å². The molecule has 0 spiro atoms. The smallest absolute Gasteiger partial charge is 0.275 e. The van der Waals surface area contributed by atoms with Gasteiger partial charge in [0.1, 0.15) is 0 Å². The third-order valence-corrected chi connectivity index (χ3v) is 5.83. The topological polar surface area (TPSA) is 81.0 Å². The Morgan fingerprint density at radius 3 is 2.55 bits per heavy atom. The number of carbonyl (C=O) groups is 1. The zero-order valence-electron chi connectivity index (χ0n) is 18.3. The molecule has 3 heterocycles. The van der Waals surface area contributed by atoms with Crippen molar-refractivity contribution in [3.8, 4) is 11.5 Å². The maximum atomic E-state index is 12.9. The average molecular weight is 427 g/mol. The number of quaternary nitrogens is 1. The molecule has 1 aromatic heterocycles. The number of aromatic nitrogens is 2. The lowest BCUT2D eigenvalue weighted by Crippen LogP contribution is -3.16. The Labute approximate surface area is 183 Å². The van der Waals surface area contributed by atoms with Gasteiger partial charge in [-0.3, -0.25) is 4.79 Å². The summed E-state index contributed by atoms with van der Waals surface area (Å²) < 4.78 is 11.6. The third kappa shape index (κ3) is 5.44. The van der Waals surface area contributed by atoms with Crippen molar-refractivity contribution in [2.45, 2.75) is 26.3 Å². The molecule has 8 nitrogen and oxygen atoms in total. The normalized spacial score (nSPS) is 17.8. The molecule has 1 fully saturated rings. The minimum atomic E-state index is -0.0666. The zero-order valence-corrected chi connectivity index (χ0v) is 18.3. The monoisotopic (exact) mass is 426 g/mol. The molecule has 8 heteroatoms. The van der Waals surface area contributed by atoms with Crippen LogP contribution in [0.3, 0.4) is 0 Å². The van der Waals surface area contributed by atoms with Crippen molar-refractivity contribution in [2.75, 3.05) is 50.8 Å². The van der Waals surface area contributed by atoms with Crippen molar-refractivity contribution in [1.82, 2.24) is 15.3 Å². The van der Waals surface area contributed by atoms with Crippen LogP contribution in [0.15, 0.2) is 36.7 Å². The van der Waals surface area contributed by atoms with Crippen molar-refractivity contribution >= 4 is 11.9 Å². The lowest BCUT2D eigenvalue weighted by Gasteiger charge is -2.32. The molecular formula is C23H32N5O3+. The predicted molar refractivity (Wildman–Crippen MR) is 118 cm³/mol. The largest absolute Gasteiger partial charge is 0.490 e. The fraction of sp³-hybridized carbons (Fsp3) is 0.522. The van der Waals surface area contributed by atoms with E-state index in [4.69, 9.17) is 9.47 Å². The van der Waals surface area contributed by atoms with Gasteiger partial charge in [0.15, 0.2) is 18.0 Å². The van der Waals surface area contributed by atoms with E-state index in [1.807, 2.05) is 24.3 Å². The summed E-state index contributed by atoms with van der Waals surface area (Å²) in [6.45, 7) is 9.52. The van der Waals surface area contributed by atoms with Gasteiger partial charge in [0.2, 0.25) is 5.95 Å². The molecule has 1 amide bonds. The first-order valence-corrected chi connectivity index (χ1v) is 11.1. The predicted octanol–water partition coefficient (Wildman–Crippen LogP) is 0.856. The summed E-state index contributed by atoms with van der Waals surface area (Å²) in [5.41, 5.74) is 1.05. The number of hydrogen-bond acceptors (Lipinski definition) is 6. The molecule has 166 valence electrons. The Hall–Kier alpha value is -2.87. The average Bonchev–Trinajstić information content (AvgIpc) is 3.03. The molecular weight excluding hydrogens is 394 g/mol. The van der Waals surface area contributed by atoms with Crippen LogP contribution in [0, 0.1) is 5.92 Å². The van der Waals surface area contributed by atoms with Crippen LogP contribution in [0.5, 0.6) is 11.5 Å². The van der Waals surface area contributed by atoms with Gasteiger partial charge in [-0.25, -0.2) is 9.97 Å². The third-order valence-electron chi connectivity index (χ3n) is 5.83. The Kier molecular flexibility index (Phi) is 6.86. The number of nitrogens with one attached hydrogen (secondary N) is 2. The molecule has 1 saturated heterocycles. The number of piperazine rings is 1. The quantitative estimate of drug-likeness (QED) is 0.713. The van der Waals surface area contributed by atoms with Crippen molar-refractivity contribution in [3.05, 3.63) is 42.2 Å². The molecule has 2 aliphatic heterocycles. The number of carbonyl (C=O) groups excluding carboxylic acids is 1. The maximum Gasteiger partial charge on any atom is 0.275 e. The highest BCUT2D eigenvalue weighted by molar-refractivity contribution is 5.77. The SMILES string of the molecule is CC(C)[C@@H](NC(=O)C[NH+]1CCN(c2ncccn2)CC1)c1ccc2c(c1)OCCCO2. The molecule has 1 aromatic carbocycles. The molecule has 4 rings (SSSR count). The summed E-state index contributed by atoms with van der Waals surface area (Å²) >= 11 is 0. The van der Waals surface area contributed by atoms with Crippen LogP contribution in [0.1, 0.15) is 31.9 Å². The molecule has 0 unspecified atom stereocenters. The van der Waals surface area contributed by atoms with E-state index >= 15 is 0 Å². The fourth-order valence-electron chi connectivity index (χ4n) is 4.11. The second-order valence-corrected chi connectivity index (χ2v) is 8.51. The van der Waals surface area contributed by atoms with Crippen LogP contribution in [0.2, 0.25) is 0 Å². The van der Waals surface area contributed by atoms with E-state index in [1.54, 1.807) is 12.4 Å². The number of amides is 1. The molecule has 0 aliphatic carbocycles. The summed E-state index contributed by atoms with van der Waals surface area (Å²) in [6.07, 6.45) is 4.40. The van der Waals surface area contributed by atoms with E-state index in [0.29, 0.717) is 19.8 Å². The first-order chi connectivity index (χ1) is 15.1. The highest BCUT2D eigenvalue weighted by Crippen LogP contribution is 2.34. The first kappa shape index (κ1) is 21.4. The van der Waals surface area contributed by atoms with E-state index in [2.05, 4.69) is 34.0 Å². The number of fused-ring (bicyclic) bond motifs is 1. The number of rotatable bonds is 6. The zero-order chi connectivity index (χ0) is 21.6. The summed E-state index contributed by atoms with van der Waals surface area (Å²) in [5.74, 6) is 2.64. The van der Waals surface area contributed by atoms with Crippen LogP contribution in [-0.2, 0) is 4.79 Å². The van der Waals surface area contributed by atoms with Crippen molar-refractivity contribution in [1.29, 1.82) is 0 Å². The molecule has 2 aromatic rings. The van der Waals surface area contributed by atoms with Gasteiger partial charge in [0, 0.05) is 18.8 Å². The van der Waals surface area contributed by atoms with Gasteiger partial charge in [-0.05, 0) is 29.7 Å². The van der Waals surface area contributed by atoms with Crippen LogP contribution in [0.4, 0.5) is 5.95 Å². The van der Waals surface area contributed by atoms with E-state index in [-0.39, 0.29) is 17.9 Å². The Morgan fingerprint density at radius 1 is 1.13 bits per heavy atom. The minimum Gasteiger partial charge on any atom is -0.490 e. The summed E-state index contributed by atoms with van der Waals surface area (Å²) in [4.78, 5) is 25.0. The van der Waals surface area contributed by atoms with Crippen molar-refractivity contribution in [2.24, 2.45) is 5.92 Å². The van der Waals surface area contributed by atoms with E-state index < -0.39 is 0 Å². The van der Waals surface area contributed by atoms with E-state index in [1.165, 1.54) is 4.90 Å². The van der Waals surface area contributed by atoms with Crippen LogP contribution in [0.25, 0.3) is 0 Å². The molecule has 2 N–H and O–H groups in total. The van der Waals surface area contributed by atoms with E-state index in [9.17, 15) is 4.79 Å². The van der Waals surface area contributed by atoms with Gasteiger partial charge >= 0.3 is 0 Å². The Balaban J connectivity index is 1.34. The molecule has 31 heavy (non-hydrogen) atoms. The van der Waals surface area contributed by atoms with Gasteiger partial charge in [-0.2, -0.15) is 0 Å². The summed E-state index contributed by atoms with van der Waals surface area (Å²) in [7, 11) is 0. The fourth-order valence-corrected chi connectivity index (χ4v) is 4.11. The number of ether oxygens (including phenoxy) is 2. The Bertz CT molecular complexity index is 869. The molecule has 0 radical (unpaired) electrons. The minimum absolute atomic E-state index is 0.0666.